The summed E-state index contributed by atoms with van der Waals surface area (Å²) in [5.74, 6) is -2.06. The van der Waals surface area contributed by atoms with Crippen molar-refractivity contribution >= 4 is 29.2 Å². The average Bonchev–Trinajstić information content (AvgIpc) is 2.82. The van der Waals surface area contributed by atoms with E-state index < -0.39 is 11.9 Å². The lowest BCUT2D eigenvalue weighted by Crippen LogP contribution is -2.19. The minimum atomic E-state index is -1.20. The highest BCUT2D eigenvalue weighted by Gasteiger charge is 2.06. The number of aliphatic carboxylic acids is 1. The van der Waals surface area contributed by atoms with Crippen molar-refractivity contribution in [1.82, 2.24) is 5.43 Å². The zero-order valence-corrected chi connectivity index (χ0v) is 17.3. The second kappa shape index (κ2) is 10.5. The Morgan fingerprint density at radius 1 is 0.781 bits per heavy atom. The van der Waals surface area contributed by atoms with E-state index in [0.29, 0.717) is 17.0 Å². The van der Waals surface area contributed by atoms with Gasteiger partial charge in [0, 0.05) is 23.4 Å². The Morgan fingerprint density at radius 2 is 1.38 bits per heavy atom. The molecule has 3 aromatic rings. The first kappa shape index (κ1) is 22.2. The normalized spacial score (nSPS) is 11.2. The molecule has 0 fully saturated rings. The van der Waals surface area contributed by atoms with Crippen LogP contribution in [0.2, 0.25) is 0 Å². The Labute approximate surface area is 185 Å². The molecule has 0 aliphatic rings. The maximum Gasteiger partial charge on any atom is 0.328 e. The Kier molecular flexibility index (Phi) is 7.27. The van der Waals surface area contributed by atoms with Gasteiger partial charge < -0.3 is 10.4 Å². The number of amides is 2. The van der Waals surface area contributed by atoms with E-state index in [9.17, 15) is 14.4 Å². The van der Waals surface area contributed by atoms with Crippen molar-refractivity contribution in [3.05, 3.63) is 102 Å². The number of anilines is 1. The van der Waals surface area contributed by atoms with Gasteiger partial charge in [0.25, 0.3) is 5.91 Å². The zero-order valence-electron chi connectivity index (χ0n) is 17.3. The summed E-state index contributed by atoms with van der Waals surface area (Å²) in [4.78, 5) is 34.5. The summed E-state index contributed by atoms with van der Waals surface area (Å²) < 4.78 is 0. The molecule has 0 spiro atoms. The number of carbonyl (C=O) groups excluding carboxylic acids is 2. The lowest BCUT2D eigenvalue weighted by molar-refractivity contribution is -0.131. The lowest BCUT2D eigenvalue weighted by Gasteiger charge is -2.06. The maximum absolute atomic E-state index is 12.4. The van der Waals surface area contributed by atoms with Gasteiger partial charge in [0.05, 0.1) is 5.71 Å². The van der Waals surface area contributed by atoms with Crippen LogP contribution in [-0.2, 0) is 9.59 Å². The molecule has 3 rings (SSSR count). The molecule has 0 unspecified atom stereocenters. The fourth-order valence-corrected chi connectivity index (χ4v) is 2.83. The number of carboxylic acids is 1. The molecule has 32 heavy (non-hydrogen) atoms. The van der Waals surface area contributed by atoms with Crippen molar-refractivity contribution < 1.29 is 19.5 Å². The number of hydrogen-bond acceptors (Lipinski definition) is 4. The first-order valence-corrected chi connectivity index (χ1v) is 9.75. The molecule has 0 atom stereocenters. The molecule has 3 N–H and O–H groups in total. The summed E-state index contributed by atoms with van der Waals surface area (Å²) >= 11 is 0. The minimum Gasteiger partial charge on any atom is -0.478 e. The largest absolute Gasteiger partial charge is 0.478 e. The SMILES string of the molecule is C/C(=N\NC(=O)c1ccc(-c2ccccc2)cc1)c1ccc(NC(=O)/C=C/C(=O)O)cc1. The summed E-state index contributed by atoms with van der Waals surface area (Å²) in [5.41, 5.74) is 6.98. The number of nitrogens with zero attached hydrogens (tertiary/aromatic N) is 1. The summed E-state index contributed by atoms with van der Waals surface area (Å²) in [6, 6.07) is 23.9. The first-order chi connectivity index (χ1) is 15.4. The highest BCUT2D eigenvalue weighted by atomic mass is 16.4. The van der Waals surface area contributed by atoms with Crippen molar-refractivity contribution in [2.75, 3.05) is 5.32 Å². The van der Waals surface area contributed by atoms with Crippen molar-refractivity contribution in [3.8, 4) is 11.1 Å². The second-order valence-electron chi connectivity index (χ2n) is 6.82. The fraction of sp³-hybridized carbons (Fsp3) is 0.0400. The van der Waals surface area contributed by atoms with Crippen molar-refractivity contribution in [2.45, 2.75) is 6.92 Å². The molecule has 0 radical (unpaired) electrons. The molecule has 0 aromatic heterocycles. The first-order valence-electron chi connectivity index (χ1n) is 9.75. The van der Waals surface area contributed by atoms with E-state index in [1.54, 1.807) is 43.3 Å². The maximum atomic E-state index is 12.4. The molecular weight excluding hydrogens is 406 g/mol. The van der Waals surface area contributed by atoms with Gasteiger partial charge >= 0.3 is 5.97 Å². The number of carbonyl (C=O) groups is 3. The van der Waals surface area contributed by atoms with Gasteiger partial charge in [0.2, 0.25) is 5.91 Å². The van der Waals surface area contributed by atoms with E-state index in [0.717, 1.165) is 28.8 Å². The van der Waals surface area contributed by atoms with Crippen LogP contribution in [0.3, 0.4) is 0 Å². The minimum absolute atomic E-state index is 0.321. The summed E-state index contributed by atoms with van der Waals surface area (Å²) in [6.07, 6.45) is 1.70. The van der Waals surface area contributed by atoms with Gasteiger partial charge in [0.15, 0.2) is 0 Å². The van der Waals surface area contributed by atoms with Crippen LogP contribution < -0.4 is 10.7 Å². The highest BCUT2D eigenvalue weighted by molar-refractivity contribution is 6.03. The van der Waals surface area contributed by atoms with Crippen LogP contribution in [0, 0.1) is 0 Å². The molecule has 0 saturated carbocycles. The number of nitrogens with one attached hydrogen (secondary N) is 2. The number of hydrogen-bond donors (Lipinski definition) is 3. The van der Waals surface area contributed by atoms with Crippen LogP contribution in [0.4, 0.5) is 5.69 Å². The molecular formula is C25H21N3O4. The Bertz CT molecular complexity index is 1170. The molecule has 7 heteroatoms. The van der Waals surface area contributed by atoms with Crippen molar-refractivity contribution in [1.29, 1.82) is 0 Å². The van der Waals surface area contributed by atoms with E-state index >= 15 is 0 Å². The van der Waals surface area contributed by atoms with E-state index in [2.05, 4.69) is 15.8 Å². The Hall–Kier alpha value is -4.52. The van der Waals surface area contributed by atoms with Gasteiger partial charge in [-0.25, -0.2) is 10.2 Å². The van der Waals surface area contributed by atoms with Gasteiger partial charge in [-0.2, -0.15) is 5.10 Å². The van der Waals surface area contributed by atoms with Gasteiger partial charge in [-0.15, -0.1) is 0 Å². The van der Waals surface area contributed by atoms with E-state index in [4.69, 9.17) is 5.11 Å². The number of hydrazone groups is 1. The zero-order chi connectivity index (χ0) is 22.9. The summed E-state index contributed by atoms with van der Waals surface area (Å²) in [5, 5.41) is 15.2. The predicted molar refractivity (Wildman–Crippen MR) is 123 cm³/mol. The van der Waals surface area contributed by atoms with E-state index in [1.165, 1.54) is 0 Å². The molecule has 2 amide bonds. The van der Waals surface area contributed by atoms with Crippen LogP contribution in [0.25, 0.3) is 11.1 Å². The quantitative estimate of drug-likeness (QED) is 0.300. The highest BCUT2D eigenvalue weighted by Crippen LogP contribution is 2.19. The Morgan fingerprint density at radius 3 is 2.00 bits per heavy atom. The fourth-order valence-electron chi connectivity index (χ4n) is 2.83. The second-order valence-corrected chi connectivity index (χ2v) is 6.82. The molecule has 7 nitrogen and oxygen atoms in total. The molecule has 0 aliphatic carbocycles. The van der Waals surface area contributed by atoms with Gasteiger partial charge in [-0.1, -0.05) is 54.6 Å². The standard InChI is InChI=1S/C25H21N3O4/c1-17(18-11-13-22(14-12-18)26-23(29)15-16-24(30)31)27-28-25(32)21-9-7-20(8-10-21)19-5-3-2-4-6-19/h2-16H,1H3,(H,26,29)(H,28,32)(H,30,31)/b16-15+,27-17+. The molecule has 160 valence electrons. The monoisotopic (exact) mass is 427 g/mol. The average molecular weight is 427 g/mol. The third-order valence-electron chi connectivity index (χ3n) is 4.53. The smallest absolute Gasteiger partial charge is 0.328 e. The third kappa shape index (κ3) is 6.24. The molecule has 3 aromatic carbocycles. The van der Waals surface area contributed by atoms with Gasteiger partial charge in [0.1, 0.15) is 0 Å². The predicted octanol–water partition coefficient (Wildman–Crippen LogP) is 4.09. The van der Waals surface area contributed by atoms with Crippen LogP contribution in [0.15, 0.2) is 96.1 Å². The Balaban J connectivity index is 1.59. The lowest BCUT2D eigenvalue weighted by atomic mass is 10.0. The summed E-state index contributed by atoms with van der Waals surface area (Å²) in [7, 11) is 0. The molecule has 0 saturated heterocycles. The van der Waals surface area contributed by atoms with Crippen molar-refractivity contribution in [2.24, 2.45) is 5.10 Å². The topological polar surface area (TPSA) is 108 Å². The summed E-state index contributed by atoms with van der Waals surface area (Å²) in [6.45, 7) is 1.75. The molecule has 0 bridgehead atoms. The number of benzene rings is 3. The third-order valence-corrected chi connectivity index (χ3v) is 4.53. The van der Waals surface area contributed by atoms with E-state index in [-0.39, 0.29) is 5.91 Å². The number of carboxylic acid groups (broad SMARTS) is 1. The molecule has 0 heterocycles. The van der Waals surface area contributed by atoms with Crippen molar-refractivity contribution in [3.63, 3.8) is 0 Å². The number of rotatable bonds is 7. The van der Waals surface area contributed by atoms with Crippen LogP contribution in [0.5, 0.6) is 0 Å². The molecule has 0 aliphatic heterocycles. The van der Waals surface area contributed by atoms with Crippen LogP contribution >= 0.6 is 0 Å². The van der Waals surface area contributed by atoms with Crippen LogP contribution in [0.1, 0.15) is 22.8 Å². The van der Waals surface area contributed by atoms with Gasteiger partial charge in [-0.3, -0.25) is 9.59 Å². The van der Waals surface area contributed by atoms with Gasteiger partial charge in [-0.05, 0) is 47.9 Å². The van der Waals surface area contributed by atoms with E-state index in [1.807, 2.05) is 42.5 Å². The van der Waals surface area contributed by atoms with Crippen LogP contribution in [-0.4, -0.2) is 28.6 Å².